The predicted molar refractivity (Wildman–Crippen MR) is 88.3 cm³/mol. The molecule has 7 heteroatoms. The molecule has 0 atom stereocenters. The Morgan fingerprint density at radius 1 is 0.714 bits per heavy atom. The monoisotopic (exact) mass is 326 g/mol. The molecule has 0 aliphatic carbocycles. The molecule has 0 aliphatic heterocycles. The molecule has 4 N–H and O–H groups in total. The highest BCUT2D eigenvalue weighted by atomic mass is 31.2. The maximum absolute atomic E-state index is 12.2. The van der Waals surface area contributed by atoms with Crippen molar-refractivity contribution in [3.8, 4) is 0 Å². The van der Waals surface area contributed by atoms with Gasteiger partial charge >= 0.3 is 7.82 Å². The average molecular weight is 326 g/mol. The lowest BCUT2D eigenvalue weighted by atomic mass is 10.4. The van der Waals surface area contributed by atoms with Crippen LogP contribution in [0.4, 0.5) is 0 Å². The van der Waals surface area contributed by atoms with Crippen molar-refractivity contribution in [2.75, 3.05) is 32.9 Å². The van der Waals surface area contributed by atoms with Crippen LogP contribution in [0.3, 0.4) is 0 Å². The number of unbranched alkanes of at least 4 members (excludes halogenated alkanes) is 3. The van der Waals surface area contributed by atoms with Gasteiger partial charge in [-0.1, -0.05) is 40.0 Å². The van der Waals surface area contributed by atoms with Gasteiger partial charge in [0.1, 0.15) is 0 Å². The lowest BCUT2D eigenvalue weighted by Gasteiger charge is -2.17. The Morgan fingerprint density at radius 3 is 1.19 bits per heavy atom. The highest BCUT2D eigenvalue weighted by Gasteiger charge is 2.25. The van der Waals surface area contributed by atoms with Gasteiger partial charge in [-0.2, -0.15) is 0 Å². The predicted octanol–water partition coefficient (Wildman–Crippen LogP) is 3.45. The first kappa shape index (κ1) is 23.3. The van der Waals surface area contributed by atoms with Crippen molar-refractivity contribution in [1.82, 2.24) is 0 Å². The van der Waals surface area contributed by atoms with E-state index in [1.54, 1.807) is 0 Å². The molecule has 0 aromatic heterocycles. The molecule has 0 saturated carbocycles. The van der Waals surface area contributed by atoms with Gasteiger partial charge in [0, 0.05) is 13.1 Å². The normalized spacial score (nSPS) is 11.1. The third kappa shape index (κ3) is 18.0. The summed E-state index contributed by atoms with van der Waals surface area (Å²) < 4.78 is 28.0. The summed E-state index contributed by atoms with van der Waals surface area (Å²) in [7, 11) is -3.31. The molecule has 0 fully saturated rings. The molecule has 0 aromatic rings. The lowest BCUT2D eigenvalue weighted by molar-refractivity contribution is 0.110. The molecule has 0 amide bonds. The summed E-state index contributed by atoms with van der Waals surface area (Å²) in [6.45, 7) is 8.68. The summed E-state index contributed by atoms with van der Waals surface area (Å²) in [6, 6.07) is 0. The largest absolute Gasteiger partial charge is 0.474 e. The summed E-state index contributed by atoms with van der Waals surface area (Å²) in [5.41, 5.74) is 9.81. The van der Waals surface area contributed by atoms with Crippen molar-refractivity contribution in [2.24, 2.45) is 11.5 Å². The van der Waals surface area contributed by atoms with Crippen molar-refractivity contribution < 1.29 is 18.1 Å². The van der Waals surface area contributed by atoms with Gasteiger partial charge in [-0.15, -0.1) is 0 Å². The Bertz CT molecular complexity index is 208. The Labute approximate surface area is 130 Å². The van der Waals surface area contributed by atoms with Crippen molar-refractivity contribution >= 4 is 7.82 Å². The van der Waals surface area contributed by atoms with E-state index in [-0.39, 0.29) is 0 Å². The molecule has 21 heavy (non-hydrogen) atoms. The fraction of sp³-hybridized carbons (Fsp3) is 1.00. The summed E-state index contributed by atoms with van der Waals surface area (Å²) in [5, 5.41) is 0. The van der Waals surface area contributed by atoms with Gasteiger partial charge in [0.25, 0.3) is 0 Å². The van der Waals surface area contributed by atoms with Gasteiger partial charge in [0.2, 0.25) is 0 Å². The number of phosphoric acid groups is 1. The van der Waals surface area contributed by atoms with Crippen molar-refractivity contribution in [3.05, 3.63) is 0 Å². The first-order chi connectivity index (χ1) is 10.1. The van der Waals surface area contributed by atoms with E-state index in [1.165, 1.54) is 0 Å². The van der Waals surface area contributed by atoms with E-state index in [2.05, 4.69) is 20.8 Å². The minimum absolute atomic E-state index is 0.437. The molecule has 0 rings (SSSR count). The van der Waals surface area contributed by atoms with E-state index >= 15 is 0 Å². The molecular formula is C14H35N2O4P. The molecule has 0 radical (unpaired) electrons. The maximum Gasteiger partial charge on any atom is 0.474 e. The highest BCUT2D eigenvalue weighted by molar-refractivity contribution is 7.48. The first-order valence-corrected chi connectivity index (χ1v) is 9.49. The number of rotatable bonds is 13. The fourth-order valence-electron chi connectivity index (χ4n) is 1.07. The van der Waals surface area contributed by atoms with E-state index in [0.29, 0.717) is 32.9 Å². The standard InChI is InChI=1S/C12H27O4P.C2H8N2/c1-4-7-10-14-17(13,15-11-8-5-2)16-12-9-6-3;3-1-2-4/h4-12H2,1-3H3;1-4H2. The second kappa shape index (κ2) is 18.1. The molecule has 6 nitrogen and oxygen atoms in total. The van der Waals surface area contributed by atoms with E-state index in [1.807, 2.05) is 0 Å². The number of hydrogen-bond acceptors (Lipinski definition) is 6. The Hall–Kier alpha value is 0.0300. The fourth-order valence-corrected chi connectivity index (χ4v) is 2.36. The van der Waals surface area contributed by atoms with Crippen LogP contribution in [0.2, 0.25) is 0 Å². The maximum atomic E-state index is 12.2. The SMILES string of the molecule is CCCCOP(=O)(OCCCC)OCCCC.NCCN. The third-order valence-electron chi connectivity index (χ3n) is 2.41. The van der Waals surface area contributed by atoms with Crippen molar-refractivity contribution in [1.29, 1.82) is 0 Å². The molecule has 130 valence electrons. The number of phosphoric ester groups is 1. The van der Waals surface area contributed by atoms with Gasteiger partial charge in [-0.25, -0.2) is 4.57 Å². The van der Waals surface area contributed by atoms with Gasteiger partial charge in [0.15, 0.2) is 0 Å². The Kier molecular flexibility index (Phi) is 20.1. The summed E-state index contributed by atoms with van der Waals surface area (Å²) >= 11 is 0. The second-order valence-corrected chi connectivity index (χ2v) is 6.25. The number of hydrogen-bond donors (Lipinski definition) is 2. The van der Waals surface area contributed by atoms with E-state index in [0.717, 1.165) is 38.5 Å². The van der Waals surface area contributed by atoms with Crippen LogP contribution in [-0.2, 0) is 18.1 Å². The molecular weight excluding hydrogens is 291 g/mol. The minimum Gasteiger partial charge on any atom is -0.329 e. The molecule has 0 aliphatic rings. The van der Waals surface area contributed by atoms with Gasteiger partial charge in [-0.3, -0.25) is 13.6 Å². The Morgan fingerprint density at radius 2 is 1.00 bits per heavy atom. The number of nitrogens with two attached hydrogens (primary N) is 2. The van der Waals surface area contributed by atoms with E-state index in [9.17, 15) is 4.57 Å². The average Bonchev–Trinajstić information content (AvgIpc) is 2.48. The van der Waals surface area contributed by atoms with E-state index < -0.39 is 7.82 Å². The second-order valence-electron chi connectivity index (χ2n) is 4.58. The van der Waals surface area contributed by atoms with Gasteiger partial charge in [0.05, 0.1) is 19.8 Å². The summed E-state index contributed by atoms with van der Waals surface area (Å²) in [6.07, 6.45) is 5.63. The van der Waals surface area contributed by atoms with Crippen LogP contribution >= 0.6 is 7.82 Å². The zero-order valence-corrected chi connectivity index (χ0v) is 14.9. The smallest absolute Gasteiger partial charge is 0.329 e. The van der Waals surface area contributed by atoms with Crippen LogP contribution in [0.5, 0.6) is 0 Å². The van der Waals surface area contributed by atoms with Crippen LogP contribution in [-0.4, -0.2) is 32.9 Å². The zero-order chi connectivity index (χ0) is 16.4. The zero-order valence-electron chi connectivity index (χ0n) is 14.0. The molecule has 0 unspecified atom stereocenters. The minimum atomic E-state index is -3.31. The van der Waals surface area contributed by atoms with Crippen LogP contribution < -0.4 is 11.5 Å². The van der Waals surface area contributed by atoms with Crippen LogP contribution in [0.25, 0.3) is 0 Å². The third-order valence-corrected chi connectivity index (χ3v) is 3.90. The lowest BCUT2D eigenvalue weighted by Crippen LogP contribution is -2.11. The molecule has 0 aromatic carbocycles. The van der Waals surface area contributed by atoms with Crippen molar-refractivity contribution in [3.63, 3.8) is 0 Å². The van der Waals surface area contributed by atoms with Gasteiger partial charge < -0.3 is 11.5 Å². The van der Waals surface area contributed by atoms with Crippen LogP contribution in [0, 0.1) is 0 Å². The van der Waals surface area contributed by atoms with Gasteiger partial charge in [-0.05, 0) is 19.3 Å². The van der Waals surface area contributed by atoms with Crippen LogP contribution in [0.1, 0.15) is 59.3 Å². The highest BCUT2D eigenvalue weighted by Crippen LogP contribution is 2.49. The van der Waals surface area contributed by atoms with Crippen molar-refractivity contribution in [2.45, 2.75) is 59.3 Å². The molecule has 0 heterocycles. The first-order valence-electron chi connectivity index (χ1n) is 8.03. The summed E-state index contributed by atoms with van der Waals surface area (Å²) in [4.78, 5) is 0. The quantitative estimate of drug-likeness (QED) is 0.397. The molecule has 0 saturated heterocycles. The van der Waals surface area contributed by atoms with E-state index in [4.69, 9.17) is 25.0 Å². The van der Waals surface area contributed by atoms with Crippen LogP contribution in [0.15, 0.2) is 0 Å². The summed E-state index contributed by atoms with van der Waals surface area (Å²) in [5.74, 6) is 0. The molecule has 0 bridgehead atoms. The Balaban J connectivity index is 0. The molecule has 0 spiro atoms. The topological polar surface area (TPSA) is 96.8 Å².